The van der Waals surface area contributed by atoms with Gasteiger partial charge in [0.15, 0.2) is 5.92 Å². The van der Waals surface area contributed by atoms with Gasteiger partial charge in [0.1, 0.15) is 0 Å². The maximum atomic E-state index is 11.8. The molecular weight excluding hydrogens is 436 g/mol. The van der Waals surface area contributed by atoms with Crippen LogP contribution < -0.4 is 0 Å². The van der Waals surface area contributed by atoms with Crippen LogP contribution in [0, 0.1) is 5.92 Å². The maximum Gasteiger partial charge on any atom is 0.434 e. The molecular formula is C12H8F12O4. The van der Waals surface area contributed by atoms with E-state index in [1.54, 1.807) is 0 Å². The van der Waals surface area contributed by atoms with Crippen LogP contribution in [0.1, 0.15) is 0 Å². The van der Waals surface area contributed by atoms with E-state index in [1.807, 2.05) is 0 Å². The number of hydrogen-bond acceptors (Lipinski definition) is 3. The number of carbonyl (C=O) groups excluding carboxylic acids is 1. The normalized spacial score (nSPS) is 12.9. The second kappa shape index (κ2) is 9.18. The minimum Gasteiger partial charge on any atom is -0.478 e. The smallest absolute Gasteiger partial charge is 0.434 e. The molecule has 0 rings (SSSR count). The molecule has 1 N–H and O–H groups in total. The highest BCUT2D eigenvalue weighted by molar-refractivity contribution is 5.86. The number of hydrogen-bond donors (Lipinski definition) is 1. The number of rotatable bonds is 4. The zero-order chi connectivity index (χ0) is 23.3. The summed E-state index contributed by atoms with van der Waals surface area (Å²) in [7, 11) is 0. The molecule has 0 aromatic heterocycles. The predicted octanol–water partition coefficient (Wildman–Crippen LogP) is 4.58. The van der Waals surface area contributed by atoms with Crippen molar-refractivity contribution in [3.05, 3.63) is 24.8 Å². The average molecular weight is 444 g/mol. The van der Waals surface area contributed by atoms with Crippen molar-refractivity contribution in [1.82, 2.24) is 0 Å². The summed E-state index contributed by atoms with van der Waals surface area (Å²) in [6, 6.07) is 0. The van der Waals surface area contributed by atoms with Crippen molar-refractivity contribution in [1.29, 1.82) is 0 Å². The molecule has 0 aliphatic heterocycles. The van der Waals surface area contributed by atoms with Gasteiger partial charge in [-0.05, 0) is 0 Å². The van der Waals surface area contributed by atoms with Crippen LogP contribution in [-0.4, -0.2) is 47.9 Å². The van der Waals surface area contributed by atoms with Crippen molar-refractivity contribution >= 4 is 11.9 Å². The largest absolute Gasteiger partial charge is 0.478 e. The molecule has 16 heteroatoms. The van der Waals surface area contributed by atoms with Gasteiger partial charge in [-0.3, -0.25) is 0 Å². The summed E-state index contributed by atoms with van der Waals surface area (Å²) in [4.78, 5) is 20.1. The van der Waals surface area contributed by atoms with Gasteiger partial charge in [-0.15, -0.1) is 0 Å². The molecule has 0 heterocycles. The number of aliphatic carboxylic acids is 1. The van der Waals surface area contributed by atoms with Gasteiger partial charge in [0.05, 0.1) is 5.57 Å². The summed E-state index contributed by atoms with van der Waals surface area (Å²) < 4.78 is 144. The Hall–Kier alpha value is -2.42. The van der Waals surface area contributed by atoms with Crippen molar-refractivity contribution in [2.75, 3.05) is 0 Å². The summed E-state index contributed by atoms with van der Waals surface area (Å²) >= 11 is 0. The van der Waals surface area contributed by atoms with E-state index in [2.05, 4.69) is 17.9 Å². The number of carbonyl (C=O) groups is 2. The van der Waals surface area contributed by atoms with E-state index in [0.717, 1.165) is 0 Å². The molecule has 0 spiro atoms. The first kappa shape index (κ1) is 27.8. The van der Waals surface area contributed by atoms with E-state index in [0.29, 0.717) is 0 Å². The van der Waals surface area contributed by atoms with E-state index in [9.17, 15) is 62.3 Å². The maximum absolute atomic E-state index is 11.8. The molecule has 0 radical (unpaired) electrons. The minimum atomic E-state index is -5.70. The zero-order valence-electron chi connectivity index (χ0n) is 12.9. The van der Waals surface area contributed by atoms with Crippen molar-refractivity contribution in [2.24, 2.45) is 5.92 Å². The number of carboxylic acids is 1. The highest BCUT2D eigenvalue weighted by atomic mass is 19.4. The van der Waals surface area contributed by atoms with Crippen LogP contribution in [0.5, 0.6) is 0 Å². The van der Waals surface area contributed by atoms with Crippen LogP contribution in [0.2, 0.25) is 0 Å². The molecule has 0 fully saturated rings. The number of halogens is 12. The van der Waals surface area contributed by atoms with Crippen molar-refractivity contribution in [3.8, 4) is 0 Å². The van der Waals surface area contributed by atoms with Crippen molar-refractivity contribution < 1.29 is 72.1 Å². The van der Waals surface area contributed by atoms with Crippen LogP contribution in [0.15, 0.2) is 24.8 Å². The Labute approximate surface area is 147 Å². The molecule has 28 heavy (non-hydrogen) atoms. The summed E-state index contributed by atoms with van der Waals surface area (Å²) in [6.45, 7) is 4.92. The average Bonchev–Trinajstić information content (AvgIpc) is 2.39. The molecule has 0 aromatic rings. The lowest BCUT2D eigenvalue weighted by atomic mass is 9.99. The van der Waals surface area contributed by atoms with Gasteiger partial charge in [-0.2, -0.15) is 52.7 Å². The standard InChI is InChI=1S/2C6H4F6O2/c1-2-3(13)14-4(5(7,8)9)6(10,11)12;1-2(4(13)14)3(5(7,8)9)6(10,11)12/h2,4H,1H2;3H,1H2,(H,13,14). The second-order valence-electron chi connectivity index (χ2n) is 4.45. The monoisotopic (exact) mass is 444 g/mol. The number of carboxylic acid groups (broad SMARTS) is 1. The first-order valence-corrected chi connectivity index (χ1v) is 6.08. The Balaban J connectivity index is 0. The van der Waals surface area contributed by atoms with E-state index in [-0.39, 0.29) is 6.08 Å². The molecule has 4 nitrogen and oxygen atoms in total. The fourth-order valence-electron chi connectivity index (χ4n) is 1.19. The fourth-order valence-corrected chi connectivity index (χ4v) is 1.19. The van der Waals surface area contributed by atoms with Gasteiger partial charge in [0.2, 0.25) is 0 Å². The van der Waals surface area contributed by atoms with Gasteiger partial charge in [0.25, 0.3) is 6.10 Å². The molecule has 0 aromatic carbocycles. The van der Waals surface area contributed by atoms with Gasteiger partial charge >= 0.3 is 36.6 Å². The third-order valence-electron chi connectivity index (χ3n) is 2.27. The first-order valence-electron chi connectivity index (χ1n) is 6.08. The number of alkyl halides is 12. The zero-order valence-corrected chi connectivity index (χ0v) is 12.9. The lowest BCUT2D eigenvalue weighted by molar-refractivity contribution is -0.312. The number of esters is 1. The molecule has 0 unspecified atom stereocenters. The van der Waals surface area contributed by atoms with E-state index in [4.69, 9.17) is 5.11 Å². The molecule has 0 amide bonds. The highest BCUT2D eigenvalue weighted by Crippen LogP contribution is 2.43. The van der Waals surface area contributed by atoms with E-state index in [1.165, 1.54) is 0 Å². The SMILES string of the molecule is C=C(C(=O)O)C(C(F)(F)F)C(F)(F)F.C=CC(=O)OC(C(F)(F)F)C(F)(F)F. The Morgan fingerprint density at radius 1 is 0.786 bits per heavy atom. The third kappa shape index (κ3) is 9.50. The molecule has 164 valence electrons. The summed E-state index contributed by atoms with van der Waals surface area (Å²) in [5.41, 5.74) is -1.94. The van der Waals surface area contributed by atoms with Gasteiger partial charge < -0.3 is 9.84 Å². The van der Waals surface area contributed by atoms with Gasteiger partial charge in [-0.25, -0.2) is 9.59 Å². The third-order valence-corrected chi connectivity index (χ3v) is 2.27. The molecule has 0 aliphatic carbocycles. The first-order chi connectivity index (χ1) is 12.1. The molecule has 0 atom stereocenters. The second-order valence-corrected chi connectivity index (χ2v) is 4.45. The van der Waals surface area contributed by atoms with Crippen LogP contribution in [0.3, 0.4) is 0 Å². The molecule has 0 saturated carbocycles. The molecule has 0 aliphatic rings. The quantitative estimate of drug-likeness (QED) is 0.392. The Morgan fingerprint density at radius 2 is 1.11 bits per heavy atom. The number of ether oxygens (including phenoxy) is 1. The Kier molecular flexibility index (Phi) is 9.12. The summed E-state index contributed by atoms with van der Waals surface area (Å²) in [5.74, 6) is -8.14. The fraction of sp³-hybridized carbons (Fsp3) is 0.500. The molecule has 0 saturated heterocycles. The lowest BCUT2D eigenvalue weighted by Crippen LogP contribution is -2.45. The van der Waals surface area contributed by atoms with Gasteiger partial charge in [0, 0.05) is 6.08 Å². The summed E-state index contributed by atoms with van der Waals surface area (Å²) in [6.07, 6.45) is -26.7. The van der Waals surface area contributed by atoms with Crippen molar-refractivity contribution in [3.63, 3.8) is 0 Å². The van der Waals surface area contributed by atoms with Crippen LogP contribution in [0.4, 0.5) is 52.7 Å². The van der Waals surface area contributed by atoms with Crippen LogP contribution in [0.25, 0.3) is 0 Å². The summed E-state index contributed by atoms with van der Waals surface area (Å²) in [5, 5.41) is 7.98. The van der Waals surface area contributed by atoms with Crippen LogP contribution in [-0.2, 0) is 14.3 Å². The van der Waals surface area contributed by atoms with E-state index < -0.39 is 54.2 Å². The van der Waals surface area contributed by atoms with Crippen LogP contribution >= 0.6 is 0 Å². The topological polar surface area (TPSA) is 63.6 Å². The lowest BCUT2D eigenvalue weighted by Gasteiger charge is -2.22. The highest BCUT2D eigenvalue weighted by Gasteiger charge is 2.60. The Bertz CT molecular complexity index is 551. The van der Waals surface area contributed by atoms with Gasteiger partial charge in [-0.1, -0.05) is 13.2 Å². The Morgan fingerprint density at radius 3 is 1.25 bits per heavy atom. The van der Waals surface area contributed by atoms with Crippen molar-refractivity contribution in [2.45, 2.75) is 30.8 Å². The molecule has 0 bridgehead atoms. The van der Waals surface area contributed by atoms with E-state index >= 15 is 0 Å². The minimum absolute atomic E-state index is 0.213. The predicted molar refractivity (Wildman–Crippen MR) is 64.6 cm³/mol.